The molecule has 2 unspecified atom stereocenters. The van der Waals surface area contributed by atoms with Gasteiger partial charge in [-0.15, -0.1) is 0 Å². The Morgan fingerprint density at radius 1 is 1.24 bits per heavy atom. The van der Waals surface area contributed by atoms with Gasteiger partial charge in [-0.25, -0.2) is 0 Å². The molecule has 3 rings (SSSR count). The summed E-state index contributed by atoms with van der Waals surface area (Å²) in [5.41, 5.74) is 3.85. The van der Waals surface area contributed by atoms with Crippen molar-refractivity contribution in [2.24, 2.45) is 0 Å². The molecule has 0 amide bonds. The van der Waals surface area contributed by atoms with Crippen LogP contribution in [0.4, 0.5) is 0 Å². The van der Waals surface area contributed by atoms with Gasteiger partial charge in [0, 0.05) is 17.1 Å². The molecule has 1 aliphatic carbocycles. The second-order valence-corrected chi connectivity index (χ2v) is 6.09. The van der Waals surface area contributed by atoms with Crippen LogP contribution in [-0.4, -0.2) is 5.11 Å². The molecular formula is C18H20ClNO. The van der Waals surface area contributed by atoms with Crippen LogP contribution in [0.2, 0.25) is 5.02 Å². The van der Waals surface area contributed by atoms with Crippen molar-refractivity contribution in [3.8, 4) is 5.75 Å². The second kappa shape index (κ2) is 6.08. The summed E-state index contributed by atoms with van der Waals surface area (Å²) in [6, 6.07) is 14.5. The molecule has 0 fully saturated rings. The molecule has 0 aliphatic heterocycles. The Kier molecular flexibility index (Phi) is 4.18. The number of hydrogen-bond acceptors (Lipinski definition) is 2. The molecule has 2 nitrogen and oxygen atoms in total. The Bertz CT molecular complexity index is 624. The van der Waals surface area contributed by atoms with Crippen molar-refractivity contribution in [3.63, 3.8) is 0 Å². The van der Waals surface area contributed by atoms with Gasteiger partial charge in [-0.3, -0.25) is 0 Å². The molecule has 0 bridgehead atoms. The zero-order valence-corrected chi connectivity index (χ0v) is 12.9. The lowest BCUT2D eigenvalue weighted by molar-refractivity contribution is 0.433. The van der Waals surface area contributed by atoms with Gasteiger partial charge >= 0.3 is 0 Å². The van der Waals surface area contributed by atoms with Crippen molar-refractivity contribution in [1.82, 2.24) is 5.32 Å². The van der Waals surface area contributed by atoms with E-state index in [2.05, 4.69) is 24.4 Å². The van der Waals surface area contributed by atoms with Crippen LogP contribution in [0.15, 0.2) is 42.5 Å². The lowest BCUT2D eigenvalue weighted by Gasteiger charge is -2.23. The summed E-state index contributed by atoms with van der Waals surface area (Å²) in [5.74, 6) is 0.360. The Hall–Kier alpha value is -1.51. The average molecular weight is 302 g/mol. The maximum Gasteiger partial charge on any atom is 0.115 e. The molecule has 0 aromatic heterocycles. The van der Waals surface area contributed by atoms with Crippen molar-refractivity contribution < 1.29 is 5.11 Å². The van der Waals surface area contributed by atoms with Crippen LogP contribution >= 0.6 is 11.6 Å². The molecule has 2 aromatic carbocycles. The monoisotopic (exact) mass is 301 g/mol. The Morgan fingerprint density at radius 2 is 2.00 bits per heavy atom. The summed E-state index contributed by atoms with van der Waals surface area (Å²) in [4.78, 5) is 0. The fourth-order valence-corrected chi connectivity index (χ4v) is 3.29. The number of phenolic OH excluding ortho intramolecular Hbond substituents is 1. The van der Waals surface area contributed by atoms with Gasteiger partial charge < -0.3 is 10.4 Å². The van der Waals surface area contributed by atoms with Crippen molar-refractivity contribution in [2.45, 2.75) is 38.3 Å². The molecule has 1 aliphatic rings. The highest BCUT2D eigenvalue weighted by molar-refractivity contribution is 6.30. The average Bonchev–Trinajstić information content (AvgIpc) is 2.88. The van der Waals surface area contributed by atoms with E-state index in [1.54, 1.807) is 6.07 Å². The first kappa shape index (κ1) is 14.4. The molecule has 0 saturated heterocycles. The summed E-state index contributed by atoms with van der Waals surface area (Å²) in [7, 11) is 0. The number of nitrogens with one attached hydrogen (secondary N) is 1. The summed E-state index contributed by atoms with van der Waals surface area (Å²) in [5, 5.41) is 14.1. The topological polar surface area (TPSA) is 32.3 Å². The quantitative estimate of drug-likeness (QED) is 0.852. The molecular weight excluding hydrogens is 282 g/mol. The normalized spacial score (nSPS) is 18.5. The van der Waals surface area contributed by atoms with Crippen molar-refractivity contribution in [1.29, 1.82) is 0 Å². The number of benzene rings is 2. The predicted octanol–water partition coefficient (Wildman–Crippen LogP) is 4.77. The van der Waals surface area contributed by atoms with Crippen molar-refractivity contribution in [3.05, 3.63) is 64.2 Å². The van der Waals surface area contributed by atoms with Crippen molar-refractivity contribution in [2.75, 3.05) is 0 Å². The van der Waals surface area contributed by atoms with Gasteiger partial charge in [0.15, 0.2) is 0 Å². The molecule has 3 heteroatoms. The summed E-state index contributed by atoms with van der Waals surface area (Å²) in [6.45, 7) is 2.19. The Balaban J connectivity index is 1.78. The fraction of sp³-hybridized carbons (Fsp3) is 0.333. The molecule has 21 heavy (non-hydrogen) atoms. The minimum Gasteiger partial charge on any atom is -0.508 e. The number of aryl methyl sites for hydroxylation is 1. The van der Waals surface area contributed by atoms with E-state index in [0.29, 0.717) is 17.8 Å². The maximum absolute atomic E-state index is 9.58. The SMILES string of the molecule is CCC(NC1CCc2cc(O)ccc21)c1ccc(Cl)cc1. The molecule has 2 N–H and O–H groups in total. The number of rotatable bonds is 4. The third-order valence-electron chi connectivity index (χ3n) is 4.29. The lowest BCUT2D eigenvalue weighted by atomic mass is 10.0. The maximum atomic E-state index is 9.58. The van der Waals surface area contributed by atoms with Gasteiger partial charge in [0.1, 0.15) is 5.75 Å². The van der Waals surface area contributed by atoms with Gasteiger partial charge in [-0.2, -0.15) is 0 Å². The van der Waals surface area contributed by atoms with E-state index in [1.807, 2.05) is 24.3 Å². The van der Waals surface area contributed by atoms with Crippen LogP contribution in [-0.2, 0) is 6.42 Å². The molecule has 0 heterocycles. The van der Waals surface area contributed by atoms with E-state index in [1.165, 1.54) is 16.7 Å². The first-order valence-corrected chi connectivity index (χ1v) is 7.88. The van der Waals surface area contributed by atoms with Crippen molar-refractivity contribution >= 4 is 11.6 Å². The molecule has 0 saturated carbocycles. The van der Waals surface area contributed by atoms with E-state index in [9.17, 15) is 5.11 Å². The zero-order chi connectivity index (χ0) is 14.8. The third-order valence-corrected chi connectivity index (χ3v) is 4.54. The highest BCUT2D eigenvalue weighted by Gasteiger charge is 2.25. The van der Waals surface area contributed by atoms with E-state index in [-0.39, 0.29) is 0 Å². The number of hydrogen-bond donors (Lipinski definition) is 2. The van der Waals surface area contributed by atoms with Crippen LogP contribution < -0.4 is 5.32 Å². The highest BCUT2D eigenvalue weighted by Crippen LogP contribution is 2.35. The minimum absolute atomic E-state index is 0.326. The summed E-state index contributed by atoms with van der Waals surface area (Å²) >= 11 is 5.97. The predicted molar refractivity (Wildman–Crippen MR) is 86.8 cm³/mol. The van der Waals surface area contributed by atoms with E-state index in [4.69, 9.17) is 11.6 Å². The molecule has 2 aromatic rings. The smallest absolute Gasteiger partial charge is 0.115 e. The molecule has 110 valence electrons. The summed E-state index contributed by atoms with van der Waals surface area (Å²) in [6.07, 6.45) is 3.15. The first-order valence-electron chi connectivity index (χ1n) is 7.50. The summed E-state index contributed by atoms with van der Waals surface area (Å²) < 4.78 is 0. The largest absolute Gasteiger partial charge is 0.508 e. The van der Waals surface area contributed by atoms with Gasteiger partial charge in [-0.05, 0) is 60.2 Å². The standard InChI is InChI=1S/C18H20ClNO/c1-2-17(12-3-6-14(19)7-4-12)20-18-10-5-13-11-15(21)8-9-16(13)18/h3-4,6-9,11,17-18,20-21H,2,5,10H2,1H3. The van der Waals surface area contributed by atoms with E-state index >= 15 is 0 Å². The molecule has 0 radical (unpaired) electrons. The Morgan fingerprint density at radius 3 is 2.71 bits per heavy atom. The van der Waals surface area contributed by atoms with Gasteiger partial charge in [0.05, 0.1) is 0 Å². The van der Waals surface area contributed by atoms with Crippen LogP contribution in [0, 0.1) is 0 Å². The lowest BCUT2D eigenvalue weighted by Crippen LogP contribution is -2.24. The van der Waals surface area contributed by atoms with Gasteiger partial charge in [0.25, 0.3) is 0 Å². The first-order chi connectivity index (χ1) is 10.2. The number of aromatic hydroxyl groups is 1. The molecule has 0 spiro atoms. The van der Waals surface area contributed by atoms with Gasteiger partial charge in [0.2, 0.25) is 0 Å². The Labute approximate surface area is 130 Å². The highest BCUT2D eigenvalue weighted by atomic mass is 35.5. The van der Waals surface area contributed by atoms with E-state index in [0.717, 1.165) is 24.3 Å². The van der Waals surface area contributed by atoms with Crippen LogP contribution in [0.1, 0.15) is 48.5 Å². The number of fused-ring (bicyclic) bond motifs is 1. The zero-order valence-electron chi connectivity index (χ0n) is 12.1. The molecule has 2 atom stereocenters. The second-order valence-electron chi connectivity index (χ2n) is 5.65. The van der Waals surface area contributed by atoms with Gasteiger partial charge in [-0.1, -0.05) is 36.7 Å². The third kappa shape index (κ3) is 3.07. The number of phenols is 1. The van der Waals surface area contributed by atoms with E-state index < -0.39 is 0 Å². The van der Waals surface area contributed by atoms with Crippen LogP contribution in [0.25, 0.3) is 0 Å². The number of halogens is 1. The van der Waals surface area contributed by atoms with Crippen LogP contribution in [0.5, 0.6) is 5.75 Å². The minimum atomic E-state index is 0.326. The fourth-order valence-electron chi connectivity index (χ4n) is 3.16. The van der Waals surface area contributed by atoms with Crippen LogP contribution in [0.3, 0.4) is 0 Å².